The van der Waals surface area contributed by atoms with E-state index in [4.69, 9.17) is 17.3 Å². The summed E-state index contributed by atoms with van der Waals surface area (Å²) in [5.41, 5.74) is 10.0. The Morgan fingerprint density at radius 1 is 1.20 bits per heavy atom. The Morgan fingerprint density at radius 3 is 2.65 bits per heavy atom. The number of hydrogen-bond donors (Lipinski definition) is 2. The summed E-state index contributed by atoms with van der Waals surface area (Å²) in [5, 5.41) is 3.25. The van der Waals surface area contributed by atoms with Crippen LogP contribution in [-0.4, -0.2) is 5.91 Å². The van der Waals surface area contributed by atoms with Crippen molar-refractivity contribution in [3.63, 3.8) is 0 Å². The Hall–Kier alpha value is -2.00. The smallest absolute Gasteiger partial charge is 0.228 e. The van der Waals surface area contributed by atoms with Crippen molar-refractivity contribution < 1.29 is 4.79 Å². The second kappa shape index (κ2) is 5.97. The van der Waals surface area contributed by atoms with E-state index in [0.717, 1.165) is 16.7 Å². The highest BCUT2D eigenvalue weighted by Gasteiger charge is 2.09. The molecule has 0 heterocycles. The lowest BCUT2D eigenvalue weighted by atomic mass is 10.0. The van der Waals surface area contributed by atoms with Crippen LogP contribution in [0.25, 0.3) is 0 Å². The predicted molar refractivity (Wildman–Crippen MR) is 84.1 cm³/mol. The summed E-state index contributed by atoms with van der Waals surface area (Å²) in [5.74, 6) is -0.0922. The number of aryl methyl sites for hydroxylation is 2. The molecular weight excluding hydrogens is 272 g/mol. The predicted octanol–water partition coefficient (Wildman–Crippen LogP) is 3.72. The molecule has 0 aliphatic heterocycles. The second-order valence-corrected chi connectivity index (χ2v) is 5.30. The first kappa shape index (κ1) is 14.4. The molecule has 0 aliphatic rings. The van der Waals surface area contributed by atoms with Crippen LogP contribution in [0.4, 0.5) is 11.4 Å². The van der Waals surface area contributed by atoms with E-state index < -0.39 is 0 Å². The van der Waals surface area contributed by atoms with Gasteiger partial charge in [-0.2, -0.15) is 0 Å². The molecular formula is C16H17ClN2O. The van der Waals surface area contributed by atoms with Crippen molar-refractivity contribution in [2.24, 2.45) is 0 Å². The lowest BCUT2D eigenvalue weighted by molar-refractivity contribution is -0.115. The molecule has 0 atom stereocenters. The third-order valence-electron chi connectivity index (χ3n) is 3.12. The van der Waals surface area contributed by atoms with Crippen molar-refractivity contribution in [3.05, 3.63) is 58.1 Å². The monoisotopic (exact) mass is 288 g/mol. The van der Waals surface area contributed by atoms with Gasteiger partial charge >= 0.3 is 0 Å². The Bertz CT molecular complexity index is 653. The van der Waals surface area contributed by atoms with Gasteiger partial charge in [-0.25, -0.2) is 0 Å². The number of carbonyl (C=O) groups is 1. The quantitative estimate of drug-likeness (QED) is 0.846. The van der Waals surface area contributed by atoms with Crippen LogP contribution in [0.2, 0.25) is 5.02 Å². The highest BCUT2D eigenvalue weighted by Crippen LogP contribution is 2.24. The van der Waals surface area contributed by atoms with Gasteiger partial charge in [0.05, 0.1) is 17.1 Å². The van der Waals surface area contributed by atoms with Crippen LogP contribution in [0.15, 0.2) is 36.4 Å². The molecule has 0 aliphatic carbocycles. The minimum Gasteiger partial charge on any atom is -0.399 e. The zero-order chi connectivity index (χ0) is 14.7. The summed E-state index contributed by atoms with van der Waals surface area (Å²) < 4.78 is 0. The van der Waals surface area contributed by atoms with E-state index in [1.807, 2.05) is 32.0 Å². The molecule has 3 nitrogen and oxygen atoms in total. The van der Waals surface area contributed by atoms with Gasteiger partial charge in [-0.1, -0.05) is 35.4 Å². The molecule has 0 spiro atoms. The van der Waals surface area contributed by atoms with Gasteiger partial charge in [0.2, 0.25) is 5.91 Å². The van der Waals surface area contributed by atoms with Gasteiger partial charge in [0.15, 0.2) is 0 Å². The summed E-state index contributed by atoms with van der Waals surface area (Å²) in [7, 11) is 0. The fraction of sp³-hybridized carbons (Fsp3) is 0.188. The zero-order valence-electron chi connectivity index (χ0n) is 11.5. The Balaban J connectivity index is 2.11. The van der Waals surface area contributed by atoms with Crippen molar-refractivity contribution in [2.75, 3.05) is 11.1 Å². The summed E-state index contributed by atoms with van der Waals surface area (Å²) >= 11 is 6.04. The maximum Gasteiger partial charge on any atom is 0.228 e. The molecule has 2 rings (SSSR count). The van der Waals surface area contributed by atoms with E-state index in [9.17, 15) is 4.79 Å². The lowest BCUT2D eigenvalue weighted by Crippen LogP contribution is -2.15. The van der Waals surface area contributed by atoms with Crippen molar-refractivity contribution in [1.82, 2.24) is 0 Å². The average molecular weight is 289 g/mol. The number of anilines is 2. The molecule has 2 aromatic rings. The molecule has 0 unspecified atom stereocenters. The number of rotatable bonds is 3. The van der Waals surface area contributed by atoms with Crippen LogP contribution in [0, 0.1) is 13.8 Å². The highest BCUT2D eigenvalue weighted by atomic mass is 35.5. The molecule has 20 heavy (non-hydrogen) atoms. The lowest BCUT2D eigenvalue weighted by Gasteiger charge is -2.10. The van der Waals surface area contributed by atoms with Crippen LogP contribution in [0.1, 0.15) is 16.7 Å². The van der Waals surface area contributed by atoms with Crippen molar-refractivity contribution >= 4 is 28.9 Å². The van der Waals surface area contributed by atoms with Gasteiger partial charge in [0.1, 0.15) is 0 Å². The van der Waals surface area contributed by atoms with E-state index in [1.54, 1.807) is 18.2 Å². The maximum absolute atomic E-state index is 12.1. The van der Waals surface area contributed by atoms with Gasteiger partial charge in [0, 0.05) is 5.69 Å². The third-order valence-corrected chi connectivity index (χ3v) is 3.44. The zero-order valence-corrected chi connectivity index (χ0v) is 12.3. The van der Waals surface area contributed by atoms with Crippen LogP contribution < -0.4 is 11.1 Å². The molecule has 0 fully saturated rings. The van der Waals surface area contributed by atoms with Crippen LogP contribution in [0.3, 0.4) is 0 Å². The minimum atomic E-state index is -0.0922. The van der Waals surface area contributed by atoms with E-state index in [0.29, 0.717) is 22.8 Å². The number of nitrogens with one attached hydrogen (secondary N) is 1. The molecule has 0 saturated carbocycles. The molecule has 2 aromatic carbocycles. The van der Waals surface area contributed by atoms with Gasteiger partial charge in [-0.05, 0) is 43.2 Å². The Kier molecular flexibility index (Phi) is 4.30. The van der Waals surface area contributed by atoms with E-state index in [-0.39, 0.29) is 5.91 Å². The van der Waals surface area contributed by atoms with Crippen molar-refractivity contribution in [1.29, 1.82) is 0 Å². The number of amides is 1. The molecule has 0 bridgehead atoms. The molecule has 4 heteroatoms. The average Bonchev–Trinajstić information content (AvgIpc) is 2.37. The molecule has 0 radical (unpaired) electrons. The number of nitrogens with two attached hydrogens (primary N) is 1. The maximum atomic E-state index is 12.1. The first-order chi connectivity index (χ1) is 9.45. The minimum absolute atomic E-state index is 0.0922. The topological polar surface area (TPSA) is 55.1 Å². The number of nitrogen functional groups attached to an aromatic ring is 1. The van der Waals surface area contributed by atoms with Crippen LogP contribution in [-0.2, 0) is 11.2 Å². The van der Waals surface area contributed by atoms with Gasteiger partial charge in [0.25, 0.3) is 0 Å². The number of halogens is 1. The molecule has 0 aromatic heterocycles. The number of hydrogen-bond acceptors (Lipinski definition) is 2. The van der Waals surface area contributed by atoms with Crippen molar-refractivity contribution in [2.45, 2.75) is 20.3 Å². The first-order valence-electron chi connectivity index (χ1n) is 6.36. The van der Waals surface area contributed by atoms with E-state index in [2.05, 4.69) is 5.32 Å². The number of carbonyl (C=O) groups excluding carboxylic acids is 1. The summed E-state index contributed by atoms with van der Waals surface area (Å²) in [6, 6.07) is 11.1. The molecule has 0 saturated heterocycles. The summed E-state index contributed by atoms with van der Waals surface area (Å²) in [6.45, 7) is 4.01. The standard InChI is InChI=1S/C16H17ClN2O/c1-10-3-4-11(2)12(7-10)8-16(20)19-15-6-5-13(18)9-14(15)17/h3-7,9H,8,18H2,1-2H3,(H,19,20). The first-order valence-corrected chi connectivity index (χ1v) is 6.74. The van der Waals surface area contributed by atoms with Gasteiger partial charge in [-0.15, -0.1) is 0 Å². The summed E-state index contributed by atoms with van der Waals surface area (Å²) in [6.07, 6.45) is 0.328. The fourth-order valence-electron chi connectivity index (χ4n) is 1.99. The Morgan fingerprint density at radius 2 is 1.95 bits per heavy atom. The van der Waals surface area contributed by atoms with Gasteiger partial charge in [-0.3, -0.25) is 4.79 Å². The SMILES string of the molecule is Cc1ccc(C)c(CC(=O)Nc2ccc(N)cc2Cl)c1. The van der Waals surface area contributed by atoms with Crippen LogP contribution in [0.5, 0.6) is 0 Å². The molecule has 104 valence electrons. The summed E-state index contributed by atoms with van der Waals surface area (Å²) in [4.78, 5) is 12.1. The normalized spacial score (nSPS) is 10.3. The third kappa shape index (κ3) is 3.52. The van der Waals surface area contributed by atoms with Crippen LogP contribution >= 0.6 is 11.6 Å². The van der Waals surface area contributed by atoms with E-state index in [1.165, 1.54) is 0 Å². The molecule has 1 amide bonds. The number of benzene rings is 2. The highest BCUT2D eigenvalue weighted by molar-refractivity contribution is 6.34. The Labute approximate surface area is 123 Å². The second-order valence-electron chi connectivity index (χ2n) is 4.89. The fourth-order valence-corrected chi connectivity index (χ4v) is 2.23. The molecule has 3 N–H and O–H groups in total. The largest absolute Gasteiger partial charge is 0.399 e. The van der Waals surface area contributed by atoms with Gasteiger partial charge < -0.3 is 11.1 Å². The van der Waals surface area contributed by atoms with E-state index >= 15 is 0 Å². The van der Waals surface area contributed by atoms with Crippen molar-refractivity contribution in [3.8, 4) is 0 Å².